The Morgan fingerprint density at radius 2 is 1.81 bits per heavy atom. The molecule has 166 valence electrons. The number of esters is 1. The second kappa shape index (κ2) is 8.90. The second-order valence-electron chi connectivity index (χ2n) is 7.58. The maximum absolute atomic E-state index is 13.4. The zero-order valence-corrected chi connectivity index (χ0v) is 19.5. The van der Waals surface area contributed by atoms with Crippen molar-refractivity contribution in [1.29, 1.82) is 0 Å². The minimum absolute atomic E-state index is 0.0262. The first-order valence-corrected chi connectivity index (χ1v) is 12.7. The van der Waals surface area contributed by atoms with Crippen LogP contribution in [0.4, 0.5) is 0 Å². The van der Waals surface area contributed by atoms with Gasteiger partial charge in [-0.2, -0.15) is 4.31 Å². The van der Waals surface area contributed by atoms with Crippen molar-refractivity contribution in [2.45, 2.75) is 36.4 Å². The highest BCUT2D eigenvalue weighted by atomic mass is 35.5. The van der Waals surface area contributed by atoms with Gasteiger partial charge in [-0.05, 0) is 37.0 Å². The van der Waals surface area contributed by atoms with Gasteiger partial charge in [-0.3, -0.25) is 4.79 Å². The summed E-state index contributed by atoms with van der Waals surface area (Å²) in [5.74, 6) is -0.872. The summed E-state index contributed by atoms with van der Waals surface area (Å²) in [6, 6.07) is 6.83. The van der Waals surface area contributed by atoms with E-state index in [4.69, 9.17) is 16.3 Å². The number of carbonyl (C=O) groups is 2. The number of hydrogen-bond acceptors (Lipinski definition) is 6. The van der Waals surface area contributed by atoms with Crippen molar-refractivity contribution >= 4 is 44.8 Å². The van der Waals surface area contributed by atoms with Crippen LogP contribution in [0.3, 0.4) is 0 Å². The van der Waals surface area contributed by atoms with Gasteiger partial charge in [-0.25, -0.2) is 13.2 Å². The van der Waals surface area contributed by atoms with Crippen LogP contribution in [0.2, 0.25) is 5.02 Å². The Balaban J connectivity index is 1.71. The maximum atomic E-state index is 13.4. The summed E-state index contributed by atoms with van der Waals surface area (Å²) in [7, 11) is -2.56. The molecule has 2 aliphatic rings. The average molecular weight is 483 g/mol. The highest BCUT2D eigenvalue weighted by Crippen LogP contribution is 2.39. The predicted molar refractivity (Wildman–Crippen MR) is 118 cm³/mol. The van der Waals surface area contributed by atoms with E-state index in [0.29, 0.717) is 47.1 Å². The number of amides is 1. The number of hydrogen-bond donors (Lipinski definition) is 0. The smallest absolute Gasteiger partial charge is 0.340 e. The van der Waals surface area contributed by atoms with Crippen LogP contribution in [-0.4, -0.2) is 56.2 Å². The van der Waals surface area contributed by atoms with Crippen molar-refractivity contribution in [2.24, 2.45) is 0 Å². The minimum Gasteiger partial charge on any atom is -0.465 e. The molecule has 2 aromatic rings. The molecule has 1 fully saturated rings. The molecule has 0 aliphatic carbocycles. The van der Waals surface area contributed by atoms with Gasteiger partial charge in [0.15, 0.2) is 0 Å². The van der Waals surface area contributed by atoms with Crippen molar-refractivity contribution in [3.63, 3.8) is 0 Å². The molecule has 3 heterocycles. The number of fused-ring (bicyclic) bond motifs is 1. The van der Waals surface area contributed by atoms with Gasteiger partial charge in [0.05, 0.1) is 29.8 Å². The van der Waals surface area contributed by atoms with Gasteiger partial charge < -0.3 is 9.64 Å². The Hall–Kier alpha value is -1.94. The Morgan fingerprint density at radius 1 is 1.10 bits per heavy atom. The van der Waals surface area contributed by atoms with Gasteiger partial charge in [0.1, 0.15) is 4.21 Å². The fraction of sp³-hybridized carbons (Fsp3) is 0.429. The number of sulfonamides is 1. The topological polar surface area (TPSA) is 84.0 Å². The number of ether oxygens (including phenoxy) is 1. The molecular weight excluding hydrogens is 460 g/mol. The average Bonchev–Trinajstić information content (AvgIpc) is 3.18. The standard InChI is InChI=1S/C21H23ClN2O5S2/c1-29-20(26)18-15-9-12-23(19(25)14-7-3-4-8-16(14)22)13-17(15)30-21(18)31(27,28)24-10-5-2-6-11-24/h3-4,7-8H,2,5-6,9-13H2,1H3. The molecule has 0 radical (unpaired) electrons. The summed E-state index contributed by atoms with van der Waals surface area (Å²) in [4.78, 5) is 27.9. The highest BCUT2D eigenvalue weighted by molar-refractivity contribution is 7.91. The van der Waals surface area contributed by atoms with Gasteiger partial charge in [0.25, 0.3) is 15.9 Å². The first-order chi connectivity index (χ1) is 14.8. The predicted octanol–water partition coefficient (Wildman–Crippen LogP) is 3.56. The fourth-order valence-electron chi connectivity index (χ4n) is 4.07. The van der Waals surface area contributed by atoms with E-state index < -0.39 is 16.0 Å². The summed E-state index contributed by atoms with van der Waals surface area (Å²) in [5, 5.41) is 0.369. The van der Waals surface area contributed by atoms with E-state index in [0.717, 1.165) is 30.6 Å². The van der Waals surface area contributed by atoms with E-state index in [9.17, 15) is 18.0 Å². The van der Waals surface area contributed by atoms with Gasteiger partial charge in [-0.1, -0.05) is 30.2 Å². The molecule has 1 aromatic carbocycles. The summed E-state index contributed by atoms with van der Waals surface area (Å²) in [5.41, 5.74) is 1.19. The van der Waals surface area contributed by atoms with Crippen LogP contribution in [0.1, 0.15) is 50.4 Å². The zero-order chi connectivity index (χ0) is 22.2. The van der Waals surface area contributed by atoms with Gasteiger partial charge >= 0.3 is 5.97 Å². The van der Waals surface area contributed by atoms with Crippen LogP contribution in [0.5, 0.6) is 0 Å². The minimum atomic E-state index is -3.81. The van der Waals surface area contributed by atoms with Crippen molar-refractivity contribution < 1.29 is 22.7 Å². The molecule has 0 bridgehead atoms. The number of piperidine rings is 1. The molecule has 1 aromatic heterocycles. The third-order valence-electron chi connectivity index (χ3n) is 5.69. The van der Waals surface area contributed by atoms with Crippen LogP contribution < -0.4 is 0 Å². The summed E-state index contributed by atoms with van der Waals surface area (Å²) >= 11 is 7.25. The van der Waals surface area contributed by atoms with Gasteiger partial charge in [0.2, 0.25) is 0 Å². The lowest BCUT2D eigenvalue weighted by atomic mass is 10.0. The third kappa shape index (κ3) is 4.11. The number of nitrogens with zero attached hydrogens (tertiary/aromatic N) is 2. The van der Waals surface area contributed by atoms with Crippen molar-refractivity contribution in [3.05, 3.63) is 50.9 Å². The number of carbonyl (C=O) groups excluding carboxylic acids is 2. The molecule has 2 aliphatic heterocycles. The summed E-state index contributed by atoms with van der Waals surface area (Å²) in [6.45, 7) is 1.48. The van der Waals surface area contributed by atoms with E-state index in [-0.39, 0.29) is 22.2 Å². The SMILES string of the molecule is COC(=O)c1c(S(=O)(=O)N2CCCCC2)sc2c1CCN(C(=O)c1ccccc1Cl)C2. The first-order valence-electron chi connectivity index (χ1n) is 10.1. The van der Waals surface area contributed by atoms with Gasteiger partial charge in [0, 0.05) is 24.5 Å². The molecule has 0 atom stereocenters. The number of thiophene rings is 1. The van der Waals surface area contributed by atoms with Gasteiger partial charge in [-0.15, -0.1) is 11.3 Å². The second-order valence-corrected chi connectivity index (χ2v) is 11.2. The van der Waals surface area contributed by atoms with Crippen molar-refractivity contribution in [2.75, 3.05) is 26.7 Å². The third-order valence-corrected chi connectivity index (χ3v) is 9.64. The fourth-order valence-corrected chi connectivity index (χ4v) is 7.84. The number of rotatable bonds is 4. The van der Waals surface area contributed by atoms with Crippen LogP contribution in [-0.2, 0) is 27.7 Å². The van der Waals surface area contributed by atoms with E-state index in [1.807, 2.05) is 0 Å². The van der Waals surface area contributed by atoms with Crippen molar-refractivity contribution in [3.8, 4) is 0 Å². The Kier molecular flexibility index (Phi) is 6.39. The normalized spacial score (nSPS) is 17.3. The van der Waals surface area contributed by atoms with Crippen molar-refractivity contribution in [1.82, 2.24) is 9.21 Å². The molecule has 0 saturated carbocycles. The number of halogens is 1. The molecule has 10 heteroatoms. The molecule has 1 saturated heterocycles. The maximum Gasteiger partial charge on any atom is 0.340 e. The molecule has 0 unspecified atom stereocenters. The van der Waals surface area contributed by atoms with Crippen LogP contribution in [0.15, 0.2) is 28.5 Å². The molecular formula is C21H23ClN2O5S2. The van der Waals surface area contributed by atoms with Crippen LogP contribution in [0.25, 0.3) is 0 Å². The molecule has 1 amide bonds. The lowest BCUT2D eigenvalue weighted by Crippen LogP contribution is -2.36. The van der Waals surface area contributed by atoms with Crippen LogP contribution >= 0.6 is 22.9 Å². The Morgan fingerprint density at radius 3 is 2.48 bits per heavy atom. The monoisotopic (exact) mass is 482 g/mol. The molecule has 0 N–H and O–H groups in total. The summed E-state index contributed by atoms with van der Waals surface area (Å²) in [6.07, 6.45) is 2.98. The highest BCUT2D eigenvalue weighted by Gasteiger charge is 2.38. The first kappa shape index (κ1) is 22.3. The van der Waals surface area contributed by atoms with Crippen LogP contribution in [0, 0.1) is 0 Å². The summed E-state index contributed by atoms with van der Waals surface area (Å²) < 4.78 is 33.1. The van der Waals surface area contributed by atoms with E-state index in [1.54, 1.807) is 29.2 Å². The molecule has 31 heavy (non-hydrogen) atoms. The zero-order valence-electron chi connectivity index (χ0n) is 17.1. The Labute approximate surface area is 190 Å². The number of benzene rings is 1. The molecule has 4 rings (SSSR count). The van der Waals surface area contributed by atoms with E-state index >= 15 is 0 Å². The lowest BCUT2D eigenvalue weighted by molar-refractivity contribution is 0.0595. The van der Waals surface area contributed by atoms with E-state index in [2.05, 4.69) is 0 Å². The largest absolute Gasteiger partial charge is 0.465 e. The molecule has 0 spiro atoms. The quantitative estimate of drug-likeness (QED) is 0.622. The lowest BCUT2D eigenvalue weighted by Gasteiger charge is -2.27. The molecule has 7 nitrogen and oxygen atoms in total. The van der Waals surface area contributed by atoms with E-state index in [1.165, 1.54) is 11.4 Å². The Bertz CT molecular complexity index is 1120. The number of methoxy groups -OCH3 is 1.